The Labute approximate surface area is 347 Å². The number of nitrogens with one attached hydrogen (secondary N) is 3. The van der Waals surface area contributed by atoms with Crippen LogP contribution in [-0.2, 0) is 0 Å². The third-order valence-corrected chi connectivity index (χ3v) is 11.2. The number of aromatic nitrogens is 4. The third-order valence-electron chi connectivity index (χ3n) is 11.2. The lowest BCUT2D eigenvalue weighted by Gasteiger charge is -2.08. The summed E-state index contributed by atoms with van der Waals surface area (Å²) in [5.74, 6) is 0.869. The molecule has 0 aliphatic carbocycles. The molecule has 60 heavy (non-hydrogen) atoms. The first-order valence-electron chi connectivity index (χ1n) is 20.0. The first-order valence-corrected chi connectivity index (χ1v) is 20.0. The van der Waals surface area contributed by atoms with Crippen molar-refractivity contribution in [1.82, 2.24) is 19.9 Å². The molecular weight excluding hydrogens is 741 g/mol. The van der Waals surface area contributed by atoms with E-state index in [1.165, 1.54) is 11.1 Å². The molecule has 0 radical (unpaired) electrons. The van der Waals surface area contributed by atoms with Crippen molar-refractivity contribution in [3.8, 4) is 39.1 Å². The van der Waals surface area contributed by atoms with Gasteiger partial charge in [-0.25, -0.2) is 4.98 Å². The molecule has 8 heteroatoms. The smallest absolute Gasteiger partial charge is 0.137 e. The summed E-state index contributed by atoms with van der Waals surface area (Å²) in [6, 6.07) is 46.1. The van der Waals surface area contributed by atoms with E-state index in [1.807, 2.05) is 38.1 Å². The zero-order valence-corrected chi connectivity index (χ0v) is 34.0. The van der Waals surface area contributed by atoms with Crippen LogP contribution in [0.4, 0.5) is 11.4 Å². The molecule has 292 valence electrons. The van der Waals surface area contributed by atoms with Crippen LogP contribution in [0.5, 0.6) is 5.75 Å². The number of methoxy groups -OCH3 is 1. The summed E-state index contributed by atoms with van der Waals surface area (Å²) in [6.45, 7) is 8.24. The molecule has 9 aromatic rings. The molecule has 0 unspecified atom stereocenters. The summed E-state index contributed by atoms with van der Waals surface area (Å²) in [6.07, 6.45) is 4.15. The van der Waals surface area contributed by atoms with Gasteiger partial charge in [0.2, 0.25) is 0 Å². The minimum atomic E-state index is 0.747. The van der Waals surface area contributed by atoms with Crippen LogP contribution in [0.15, 0.2) is 148 Å². The molecule has 0 saturated carbocycles. The van der Waals surface area contributed by atoms with Gasteiger partial charge in [0.15, 0.2) is 0 Å². The molecule has 6 heterocycles. The van der Waals surface area contributed by atoms with E-state index >= 15 is 0 Å². The highest BCUT2D eigenvalue weighted by Crippen LogP contribution is 2.37. The highest BCUT2D eigenvalue weighted by molar-refractivity contribution is 5.99. The summed E-state index contributed by atoms with van der Waals surface area (Å²) < 4.78 is 12.4. The number of hydrogen-bond donors (Lipinski definition) is 3. The average Bonchev–Trinajstić information content (AvgIpc) is 4.11. The number of aryl methyl sites for hydroxylation is 4. The number of ether oxygens (including phenoxy) is 1. The Bertz CT molecular complexity index is 3300. The van der Waals surface area contributed by atoms with E-state index in [0.29, 0.717) is 0 Å². The summed E-state index contributed by atoms with van der Waals surface area (Å²) in [7, 11) is 1.69. The van der Waals surface area contributed by atoms with Gasteiger partial charge in [0.25, 0.3) is 0 Å². The van der Waals surface area contributed by atoms with Crippen LogP contribution in [-0.4, -0.2) is 27.0 Å². The standard InChI is InChI=1S/C52H42N6O2/c1-30-6-10-35(11-7-30)50-45-24-20-41(55-45)39-18-22-43(53-39)49(34-14-16-37(17-15-34)57-58-38-28-32(3)52(59-5)33(4)29-38)44-23-19-40(54-44)42-21-25-46(56-42)51(48-27-26-47(50)60-48)36-12-8-31(2)9-13-36/h6-29,53,55-56H,1-5H3. The number of azo groups is 1. The van der Waals surface area contributed by atoms with Gasteiger partial charge in [0, 0.05) is 22.2 Å². The van der Waals surface area contributed by atoms with Crippen LogP contribution in [0.1, 0.15) is 33.6 Å². The van der Waals surface area contributed by atoms with E-state index in [0.717, 1.165) is 117 Å². The Morgan fingerprint density at radius 3 is 1.43 bits per heavy atom. The van der Waals surface area contributed by atoms with Gasteiger partial charge in [0.1, 0.15) is 16.9 Å². The zero-order valence-electron chi connectivity index (χ0n) is 34.0. The van der Waals surface area contributed by atoms with Crippen LogP contribution >= 0.6 is 0 Å². The minimum absolute atomic E-state index is 0.747. The molecule has 4 aromatic carbocycles. The van der Waals surface area contributed by atoms with E-state index < -0.39 is 0 Å². The predicted octanol–water partition coefficient (Wildman–Crippen LogP) is 14.7. The fourth-order valence-corrected chi connectivity index (χ4v) is 8.20. The number of aromatic amines is 3. The van der Waals surface area contributed by atoms with Crippen LogP contribution < -0.4 is 4.74 Å². The number of nitrogens with zero attached hydrogens (tertiary/aromatic N) is 3. The number of H-pyrrole nitrogens is 3. The number of benzene rings is 4. The highest BCUT2D eigenvalue weighted by atomic mass is 16.5. The predicted molar refractivity (Wildman–Crippen MR) is 246 cm³/mol. The Balaban J connectivity index is 1.20. The lowest BCUT2D eigenvalue weighted by atomic mass is 10.0. The van der Waals surface area contributed by atoms with E-state index in [2.05, 4.69) is 160 Å². The van der Waals surface area contributed by atoms with Crippen LogP contribution in [0.3, 0.4) is 0 Å². The molecule has 10 rings (SSSR count). The number of fused-ring (bicyclic) bond motifs is 12. The molecule has 1 aliphatic heterocycles. The van der Waals surface area contributed by atoms with Crippen molar-refractivity contribution in [3.05, 3.63) is 167 Å². The van der Waals surface area contributed by atoms with Crippen molar-refractivity contribution in [3.63, 3.8) is 0 Å². The Kier molecular flexibility index (Phi) is 9.10. The molecule has 0 atom stereocenters. The van der Waals surface area contributed by atoms with Crippen LogP contribution in [0.25, 0.3) is 89.8 Å². The fraction of sp³-hybridized carbons (Fsp3) is 0.0962. The zero-order chi connectivity index (χ0) is 40.9. The average molecular weight is 783 g/mol. The second-order valence-electron chi connectivity index (χ2n) is 15.5. The van der Waals surface area contributed by atoms with Crippen molar-refractivity contribution in [2.75, 3.05) is 7.11 Å². The molecule has 5 aromatic heterocycles. The summed E-state index contributed by atoms with van der Waals surface area (Å²) in [4.78, 5) is 16.4. The molecular formula is C52H42N6O2. The molecule has 3 N–H and O–H groups in total. The van der Waals surface area contributed by atoms with E-state index in [-0.39, 0.29) is 0 Å². The minimum Gasteiger partial charge on any atom is -0.496 e. The highest BCUT2D eigenvalue weighted by Gasteiger charge is 2.16. The first kappa shape index (κ1) is 36.6. The molecule has 8 nitrogen and oxygen atoms in total. The SMILES string of the molecule is COc1c(C)cc(N=Nc2ccc(-c3c4nc(c5ccc([nH]5)c(-c5ccc(C)cc5)c5ccc(o5)c(-c5ccc(C)cc5)c5ccc([nH]5)c5ccc3[nH]5)C=C4)cc2)cc1C. The quantitative estimate of drug-likeness (QED) is 0.146. The molecule has 10 bridgehead atoms. The maximum atomic E-state index is 6.88. The van der Waals surface area contributed by atoms with Crippen molar-refractivity contribution in [2.24, 2.45) is 10.2 Å². The van der Waals surface area contributed by atoms with Crippen molar-refractivity contribution in [1.29, 1.82) is 0 Å². The fourth-order valence-electron chi connectivity index (χ4n) is 8.20. The Morgan fingerprint density at radius 2 is 0.883 bits per heavy atom. The van der Waals surface area contributed by atoms with Gasteiger partial charge in [0.05, 0.1) is 57.5 Å². The summed E-state index contributed by atoms with van der Waals surface area (Å²) in [5.41, 5.74) is 20.8. The van der Waals surface area contributed by atoms with Crippen molar-refractivity contribution >= 4 is 67.8 Å². The molecule has 1 aliphatic rings. The Hall–Kier alpha value is -7.71. The second-order valence-corrected chi connectivity index (χ2v) is 15.5. The van der Waals surface area contributed by atoms with Gasteiger partial charge in [-0.1, -0.05) is 71.8 Å². The van der Waals surface area contributed by atoms with Gasteiger partial charge in [-0.15, -0.1) is 0 Å². The number of hydrogen-bond acceptors (Lipinski definition) is 5. The van der Waals surface area contributed by atoms with E-state index in [1.54, 1.807) is 7.11 Å². The Morgan fingerprint density at radius 1 is 0.450 bits per heavy atom. The second kappa shape index (κ2) is 14.9. The van der Waals surface area contributed by atoms with Crippen LogP contribution in [0, 0.1) is 27.7 Å². The van der Waals surface area contributed by atoms with Gasteiger partial charge in [-0.3, -0.25) is 0 Å². The normalized spacial score (nSPS) is 11.9. The topological polar surface area (TPSA) is 107 Å². The molecule has 0 amide bonds. The molecule has 0 saturated heterocycles. The lowest BCUT2D eigenvalue weighted by molar-refractivity contribution is 0.408. The summed E-state index contributed by atoms with van der Waals surface area (Å²) >= 11 is 0. The monoisotopic (exact) mass is 782 g/mol. The maximum Gasteiger partial charge on any atom is 0.137 e. The van der Waals surface area contributed by atoms with Gasteiger partial charge in [-0.05, 0) is 140 Å². The van der Waals surface area contributed by atoms with E-state index in [9.17, 15) is 0 Å². The third kappa shape index (κ3) is 6.78. The number of furan rings is 1. The summed E-state index contributed by atoms with van der Waals surface area (Å²) in [5, 5.41) is 9.14. The molecule has 0 fully saturated rings. The van der Waals surface area contributed by atoms with E-state index in [4.69, 9.17) is 14.1 Å². The lowest BCUT2D eigenvalue weighted by Crippen LogP contribution is -1.90. The molecule has 0 spiro atoms. The van der Waals surface area contributed by atoms with Gasteiger partial charge >= 0.3 is 0 Å². The van der Waals surface area contributed by atoms with Crippen LogP contribution in [0.2, 0.25) is 0 Å². The maximum absolute atomic E-state index is 6.88. The van der Waals surface area contributed by atoms with Crippen molar-refractivity contribution in [2.45, 2.75) is 27.7 Å². The largest absolute Gasteiger partial charge is 0.496 e. The van der Waals surface area contributed by atoms with Gasteiger partial charge in [-0.2, -0.15) is 10.2 Å². The first-order chi connectivity index (χ1) is 29.3. The van der Waals surface area contributed by atoms with Gasteiger partial charge < -0.3 is 24.1 Å². The number of rotatable bonds is 6. The van der Waals surface area contributed by atoms with Crippen molar-refractivity contribution < 1.29 is 9.15 Å².